The molecule has 0 bridgehead atoms. The maximum atomic E-state index is 5.08. The van der Waals surface area contributed by atoms with E-state index in [2.05, 4.69) is 51.9 Å². The van der Waals surface area contributed by atoms with Gasteiger partial charge in [0.15, 0.2) is 0 Å². The fraction of sp³-hybridized carbons (Fsp3) is 0.375. The van der Waals surface area contributed by atoms with E-state index < -0.39 is 0 Å². The fourth-order valence-electron chi connectivity index (χ4n) is 2.51. The van der Waals surface area contributed by atoms with Gasteiger partial charge in [-0.3, -0.25) is 9.98 Å². The first kappa shape index (κ1) is 14.4. The van der Waals surface area contributed by atoms with Crippen LogP contribution in [0.2, 0.25) is 0 Å². The van der Waals surface area contributed by atoms with E-state index in [1.54, 1.807) is 25.2 Å². The summed E-state index contributed by atoms with van der Waals surface area (Å²) in [6, 6.07) is 8.65. The van der Waals surface area contributed by atoms with Gasteiger partial charge in [-0.2, -0.15) is 0 Å². The number of aryl methyl sites for hydroxylation is 1. The summed E-state index contributed by atoms with van der Waals surface area (Å²) in [5.41, 5.74) is 3.82. The predicted octanol–water partition coefficient (Wildman–Crippen LogP) is 2.70. The van der Waals surface area contributed by atoms with Crippen LogP contribution >= 0.6 is 11.8 Å². The molecular formula is C16H19N3OS. The van der Waals surface area contributed by atoms with E-state index in [4.69, 9.17) is 4.74 Å². The van der Waals surface area contributed by atoms with Crippen molar-refractivity contribution in [1.29, 1.82) is 0 Å². The van der Waals surface area contributed by atoms with Crippen molar-refractivity contribution >= 4 is 29.5 Å². The predicted molar refractivity (Wildman–Crippen MR) is 89.8 cm³/mol. The number of nitrogens with one attached hydrogen (secondary N) is 1. The highest BCUT2D eigenvalue weighted by atomic mass is 32.2. The molecular weight excluding hydrogens is 282 g/mol. The molecule has 4 nitrogen and oxygen atoms in total. The third-order valence-corrected chi connectivity index (χ3v) is 4.71. The van der Waals surface area contributed by atoms with Crippen LogP contribution in [0, 0.1) is 12.8 Å². The van der Waals surface area contributed by atoms with Crippen LogP contribution in [0.1, 0.15) is 11.1 Å². The first-order chi connectivity index (χ1) is 10.3. The van der Waals surface area contributed by atoms with Crippen molar-refractivity contribution in [2.45, 2.75) is 12.3 Å². The molecule has 0 fully saturated rings. The maximum Gasteiger partial charge on any atom is 0.115 e. The van der Waals surface area contributed by atoms with Crippen LogP contribution < -0.4 is 5.32 Å². The van der Waals surface area contributed by atoms with Gasteiger partial charge in [0.25, 0.3) is 0 Å². The summed E-state index contributed by atoms with van der Waals surface area (Å²) in [7, 11) is 1.70. The molecule has 0 aromatic heterocycles. The quantitative estimate of drug-likeness (QED) is 0.870. The van der Waals surface area contributed by atoms with Crippen molar-refractivity contribution in [2.24, 2.45) is 15.9 Å². The minimum absolute atomic E-state index is 0.198. The second-order valence-electron chi connectivity index (χ2n) is 5.13. The molecule has 2 aliphatic heterocycles. The first-order valence-electron chi connectivity index (χ1n) is 7.03. The fourth-order valence-corrected chi connectivity index (χ4v) is 3.65. The zero-order valence-corrected chi connectivity index (χ0v) is 13.1. The summed E-state index contributed by atoms with van der Waals surface area (Å²) in [5.74, 6) is 1.20. The van der Waals surface area contributed by atoms with Crippen molar-refractivity contribution in [2.75, 3.05) is 20.3 Å². The molecule has 0 unspecified atom stereocenters. The highest BCUT2D eigenvalue weighted by Gasteiger charge is 2.36. The summed E-state index contributed by atoms with van der Waals surface area (Å²) in [4.78, 5) is 9.17. The normalized spacial score (nSPS) is 25.6. The molecule has 2 heterocycles. The Hall–Kier alpha value is -1.59. The number of methoxy groups -OCH3 is 1. The Kier molecular flexibility index (Phi) is 4.41. The lowest BCUT2D eigenvalue weighted by atomic mass is 9.91. The molecule has 1 aromatic carbocycles. The van der Waals surface area contributed by atoms with Crippen molar-refractivity contribution < 1.29 is 4.74 Å². The van der Waals surface area contributed by atoms with Gasteiger partial charge in [-0.25, -0.2) is 0 Å². The molecule has 0 amide bonds. The minimum atomic E-state index is 0.198. The van der Waals surface area contributed by atoms with E-state index in [0.717, 1.165) is 5.84 Å². The molecule has 0 aliphatic carbocycles. The number of rotatable bonds is 4. The van der Waals surface area contributed by atoms with Crippen LogP contribution in [0.5, 0.6) is 0 Å². The van der Waals surface area contributed by atoms with Crippen molar-refractivity contribution in [3.63, 3.8) is 0 Å². The highest BCUT2D eigenvalue weighted by Crippen LogP contribution is 2.43. The molecule has 2 atom stereocenters. The molecule has 3 rings (SSSR count). The summed E-state index contributed by atoms with van der Waals surface area (Å²) >= 11 is 1.76. The number of benzene rings is 1. The molecule has 0 spiro atoms. The standard InChI is InChI=1S/C16H19N3OS/c1-11-3-5-12(6-4-11)13-9-21-16-14(13)15(18-10-19-16)17-7-8-20-2/h3-6,9-10,14,16H,7-8H2,1-2H3,(H,17,18,19)/t14-,16-/m1/s1. The van der Waals surface area contributed by atoms with Crippen LogP contribution in [-0.4, -0.2) is 37.8 Å². The Morgan fingerprint density at radius 2 is 2.14 bits per heavy atom. The van der Waals surface area contributed by atoms with E-state index >= 15 is 0 Å². The molecule has 1 N–H and O–H groups in total. The van der Waals surface area contributed by atoms with Crippen LogP contribution in [0.3, 0.4) is 0 Å². The SMILES string of the molecule is COCCN=C1NC=N[C@@H]2SC=C(c3ccc(C)cc3)[C@H]12. The molecule has 1 aromatic rings. The van der Waals surface area contributed by atoms with Gasteiger partial charge in [-0.05, 0) is 23.5 Å². The van der Waals surface area contributed by atoms with E-state index in [1.807, 2.05) is 0 Å². The summed E-state index contributed by atoms with van der Waals surface area (Å²) in [6.07, 6.45) is 1.76. The lowest BCUT2D eigenvalue weighted by Gasteiger charge is -2.25. The number of thioether (sulfide) groups is 1. The van der Waals surface area contributed by atoms with Crippen molar-refractivity contribution in [3.8, 4) is 0 Å². The first-order valence-corrected chi connectivity index (χ1v) is 7.98. The van der Waals surface area contributed by atoms with Gasteiger partial charge in [0, 0.05) is 7.11 Å². The van der Waals surface area contributed by atoms with E-state index in [-0.39, 0.29) is 11.3 Å². The van der Waals surface area contributed by atoms with Gasteiger partial charge in [-0.1, -0.05) is 29.8 Å². The zero-order chi connectivity index (χ0) is 14.7. The molecule has 110 valence electrons. The largest absolute Gasteiger partial charge is 0.383 e. The number of amidine groups is 1. The van der Waals surface area contributed by atoms with Crippen molar-refractivity contribution in [3.05, 3.63) is 40.8 Å². The molecule has 0 saturated heterocycles. The lowest BCUT2D eigenvalue weighted by Crippen LogP contribution is -2.39. The second-order valence-corrected chi connectivity index (χ2v) is 6.12. The Balaban J connectivity index is 1.87. The van der Waals surface area contributed by atoms with Gasteiger partial charge in [0.2, 0.25) is 0 Å². The van der Waals surface area contributed by atoms with Crippen molar-refractivity contribution in [1.82, 2.24) is 5.32 Å². The number of ether oxygens (including phenoxy) is 1. The van der Waals surface area contributed by atoms with Gasteiger partial charge < -0.3 is 10.1 Å². The smallest absolute Gasteiger partial charge is 0.115 e. The van der Waals surface area contributed by atoms with Gasteiger partial charge in [0.1, 0.15) is 11.2 Å². The average Bonchev–Trinajstić information content (AvgIpc) is 2.93. The Morgan fingerprint density at radius 3 is 2.90 bits per heavy atom. The van der Waals surface area contributed by atoms with Gasteiger partial charge in [-0.15, -0.1) is 11.8 Å². The third-order valence-electron chi connectivity index (χ3n) is 3.65. The molecule has 2 aliphatic rings. The number of hydrogen-bond acceptors (Lipinski definition) is 4. The summed E-state index contributed by atoms with van der Waals surface area (Å²) < 4.78 is 5.08. The average molecular weight is 301 g/mol. The topological polar surface area (TPSA) is 46.0 Å². The van der Waals surface area contributed by atoms with Crippen LogP contribution in [0.4, 0.5) is 0 Å². The Morgan fingerprint density at radius 1 is 1.33 bits per heavy atom. The number of fused-ring (bicyclic) bond motifs is 1. The Labute approximate surface area is 129 Å². The highest BCUT2D eigenvalue weighted by molar-refractivity contribution is 8.03. The zero-order valence-electron chi connectivity index (χ0n) is 12.2. The number of aliphatic imine (C=N–C) groups is 2. The van der Waals surface area contributed by atoms with Crippen LogP contribution in [0.25, 0.3) is 5.57 Å². The van der Waals surface area contributed by atoms with E-state index in [0.29, 0.717) is 13.2 Å². The van der Waals surface area contributed by atoms with Crippen LogP contribution in [-0.2, 0) is 4.74 Å². The van der Waals surface area contributed by atoms with Crippen LogP contribution in [0.15, 0.2) is 39.7 Å². The Bertz CT molecular complexity index is 592. The lowest BCUT2D eigenvalue weighted by molar-refractivity contribution is 0.208. The summed E-state index contributed by atoms with van der Waals surface area (Å²) in [5, 5.41) is 5.63. The number of hydrogen-bond donors (Lipinski definition) is 1. The van der Waals surface area contributed by atoms with Gasteiger partial charge >= 0.3 is 0 Å². The monoisotopic (exact) mass is 301 g/mol. The molecule has 0 saturated carbocycles. The minimum Gasteiger partial charge on any atom is -0.383 e. The van der Waals surface area contributed by atoms with Gasteiger partial charge in [0.05, 0.1) is 25.4 Å². The number of nitrogens with zero attached hydrogens (tertiary/aromatic N) is 2. The molecule has 5 heteroatoms. The second kappa shape index (κ2) is 6.45. The maximum absolute atomic E-state index is 5.08. The third kappa shape index (κ3) is 3.04. The summed E-state index contributed by atoms with van der Waals surface area (Å²) in [6.45, 7) is 3.41. The molecule has 21 heavy (non-hydrogen) atoms. The molecule has 0 radical (unpaired) electrons. The van der Waals surface area contributed by atoms with E-state index in [9.17, 15) is 0 Å². The van der Waals surface area contributed by atoms with E-state index in [1.165, 1.54) is 16.7 Å².